The third-order valence-corrected chi connectivity index (χ3v) is 5.30. The van der Waals surface area contributed by atoms with Gasteiger partial charge >= 0.3 is 6.09 Å². The van der Waals surface area contributed by atoms with Crippen LogP contribution in [0.4, 0.5) is 4.79 Å². The molecule has 32 heavy (non-hydrogen) atoms. The van der Waals surface area contributed by atoms with Gasteiger partial charge in [0.2, 0.25) is 5.91 Å². The molecule has 0 aromatic heterocycles. The molecular formula is C25H34N2O4S. The van der Waals surface area contributed by atoms with E-state index >= 15 is 0 Å². The Morgan fingerprint density at radius 3 is 2.12 bits per heavy atom. The summed E-state index contributed by atoms with van der Waals surface area (Å²) in [5.41, 5.74) is 2.63. The van der Waals surface area contributed by atoms with E-state index in [1.807, 2.05) is 42.5 Å². The molecule has 2 aromatic carbocycles. The summed E-state index contributed by atoms with van der Waals surface area (Å²) < 4.78 is 19.7. The van der Waals surface area contributed by atoms with Crippen LogP contribution in [0.5, 0.6) is 0 Å². The number of nitrogens with one attached hydrogen (secondary N) is 2. The van der Waals surface area contributed by atoms with E-state index in [9.17, 15) is 13.8 Å². The molecule has 0 saturated carbocycles. The van der Waals surface area contributed by atoms with Crippen LogP contribution in [0.25, 0.3) is 11.1 Å². The summed E-state index contributed by atoms with van der Waals surface area (Å²) in [4.78, 5) is 24.8. The van der Waals surface area contributed by atoms with Crippen LogP contribution in [-0.2, 0) is 25.7 Å². The Hall–Kier alpha value is -2.80. The van der Waals surface area contributed by atoms with Gasteiger partial charge in [0.05, 0.1) is 0 Å². The maximum absolute atomic E-state index is 12.4. The van der Waals surface area contributed by atoms with Crippen LogP contribution in [0.15, 0.2) is 54.6 Å². The molecular weight excluding hydrogens is 424 g/mol. The molecule has 2 aromatic rings. The molecule has 0 aliphatic carbocycles. The van der Waals surface area contributed by atoms with Crippen LogP contribution in [-0.4, -0.2) is 40.0 Å². The number of hydrogen-bond acceptors (Lipinski definition) is 4. The molecule has 0 radical (unpaired) electrons. The maximum Gasteiger partial charge on any atom is 0.407 e. The second kappa shape index (κ2) is 10.7. The van der Waals surface area contributed by atoms with Gasteiger partial charge in [-0.2, -0.15) is 0 Å². The van der Waals surface area contributed by atoms with Gasteiger partial charge in [-0.15, -0.1) is 0 Å². The first-order chi connectivity index (χ1) is 14.8. The van der Waals surface area contributed by atoms with Crippen LogP contribution in [0.2, 0.25) is 0 Å². The van der Waals surface area contributed by atoms with Crippen LogP contribution >= 0.6 is 0 Å². The number of carbonyl (C=O) groups excluding carboxylic acids is 2. The molecule has 0 heterocycles. The lowest BCUT2D eigenvalue weighted by molar-refractivity contribution is -0.123. The normalized spacial score (nSPS) is 15.2. The first-order valence-corrected chi connectivity index (χ1v) is 12.7. The van der Waals surface area contributed by atoms with Gasteiger partial charge in [0.25, 0.3) is 0 Å². The molecule has 1 unspecified atom stereocenters. The molecule has 2 N–H and O–H groups in total. The number of carbonyl (C=O) groups is 2. The van der Waals surface area contributed by atoms with Gasteiger partial charge in [-0.1, -0.05) is 61.5 Å². The highest BCUT2D eigenvalue weighted by Crippen LogP contribution is 2.21. The average molecular weight is 459 g/mol. The van der Waals surface area contributed by atoms with Gasteiger partial charge in [0.15, 0.2) is 0 Å². The molecule has 174 valence electrons. The standard InChI is InChI=1S/C25H34N2O4S/c1-18(23(28)27-32(5,6)30)16-22(26-24(29)31-25(2,3)4)17-19-12-14-21(15-13-19)20-10-8-7-9-11-20/h7-15,18,22H,5,16-17H2,1-4,6H3,(H,26,29)(H,27,28,30)/t18-,22+,32?/m1/s1. The molecule has 0 spiro atoms. The summed E-state index contributed by atoms with van der Waals surface area (Å²) in [6, 6.07) is 17.9. The van der Waals surface area contributed by atoms with Crippen molar-refractivity contribution in [2.24, 2.45) is 5.92 Å². The first-order valence-electron chi connectivity index (χ1n) is 10.6. The minimum atomic E-state index is -2.65. The summed E-state index contributed by atoms with van der Waals surface area (Å²) in [6.07, 6.45) is 1.73. The molecule has 2 rings (SSSR count). The largest absolute Gasteiger partial charge is 0.444 e. The summed E-state index contributed by atoms with van der Waals surface area (Å²) in [7, 11) is -2.65. The van der Waals surface area contributed by atoms with Gasteiger partial charge < -0.3 is 10.1 Å². The van der Waals surface area contributed by atoms with Gasteiger partial charge in [-0.25, -0.2) is 9.00 Å². The topological polar surface area (TPSA) is 84.5 Å². The average Bonchev–Trinajstić information content (AvgIpc) is 2.66. The molecule has 0 aliphatic heterocycles. The van der Waals surface area contributed by atoms with Crippen molar-refractivity contribution in [1.29, 1.82) is 0 Å². The fraction of sp³-hybridized carbons (Fsp3) is 0.400. The summed E-state index contributed by atoms with van der Waals surface area (Å²) in [5.74, 6) is 2.64. The van der Waals surface area contributed by atoms with Crippen molar-refractivity contribution < 1.29 is 18.5 Å². The highest BCUT2D eigenvalue weighted by molar-refractivity contribution is 7.98. The monoisotopic (exact) mass is 458 g/mol. The number of alkyl carbamates (subject to hydrolysis) is 1. The SMILES string of the molecule is C=S(C)(=O)NC(=O)[C@H](C)C[C@@H](Cc1ccc(-c2ccccc2)cc1)NC(=O)OC(C)(C)C. The van der Waals surface area contributed by atoms with E-state index in [0.29, 0.717) is 12.8 Å². The highest BCUT2D eigenvalue weighted by atomic mass is 32.2. The van der Waals surface area contributed by atoms with E-state index in [1.165, 1.54) is 6.26 Å². The molecule has 0 fully saturated rings. The van der Waals surface area contributed by atoms with Crippen molar-refractivity contribution >= 4 is 27.6 Å². The third kappa shape index (κ3) is 9.14. The fourth-order valence-corrected chi connectivity index (χ4v) is 3.89. The second-order valence-electron chi connectivity index (χ2n) is 9.22. The Kier molecular flexibility index (Phi) is 8.50. The number of amides is 2. The first kappa shape index (κ1) is 25.5. The highest BCUT2D eigenvalue weighted by Gasteiger charge is 2.24. The maximum atomic E-state index is 12.4. The van der Waals surface area contributed by atoms with E-state index in [1.54, 1.807) is 27.7 Å². The number of benzene rings is 2. The van der Waals surface area contributed by atoms with E-state index in [-0.39, 0.29) is 11.9 Å². The lowest BCUT2D eigenvalue weighted by Gasteiger charge is -2.25. The molecule has 0 aliphatic rings. The number of hydrogen-bond donors (Lipinski definition) is 2. The molecule has 3 atom stereocenters. The van der Waals surface area contributed by atoms with Crippen LogP contribution in [0.1, 0.15) is 39.7 Å². The minimum Gasteiger partial charge on any atom is -0.444 e. The van der Waals surface area contributed by atoms with Gasteiger partial charge in [-0.05, 0) is 56.2 Å². The predicted octanol–water partition coefficient (Wildman–Crippen LogP) is 4.19. The lowest BCUT2D eigenvalue weighted by atomic mass is 9.94. The van der Waals surface area contributed by atoms with Gasteiger partial charge in [-0.3, -0.25) is 9.52 Å². The van der Waals surface area contributed by atoms with Crippen molar-refractivity contribution in [2.45, 2.75) is 52.2 Å². The Morgan fingerprint density at radius 1 is 1.03 bits per heavy atom. The van der Waals surface area contributed by atoms with E-state index in [0.717, 1.165) is 16.7 Å². The Balaban J connectivity index is 2.14. The van der Waals surface area contributed by atoms with Crippen LogP contribution < -0.4 is 10.0 Å². The number of ether oxygens (including phenoxy) is 1. The van der Waals surface area contributed by atoms with Crippen molar-refractivity contribution in [2.75, 3.05) is 6.26 Å². The zero-order valence-electron chi connectivity index (χ0n) is 19.5. The molecule has 6 nitrogen and oxygen atoms in total. The Labute approximate surface area is 191 Å². The zero-order chi connectivity index (χ0) is 23.9. The quantitative estimate of drug-likeness (QED) is 0.581. The van der Waals surface area contributed by atoms with Crippen LogP contribution in [0.3, 0.4) is 0 Å². The third-order valence-electron chi connectivity index (χ3n) is 4.67. The molecule has 2 amide bonds. The minimum absolute atomic E-state index is 0.342. The molecule has 0 saturated heterocycles. The van der Waals surface area contributed by atoms with Crippen molar-refractivity contribution in [1.82, 2.24) is 10.0 Å². The molecule has 0 bridgehead atoms. The second-order valence-corrected chi connectivity index (χ2v) is 11.4. The van der Waals surface area contributed by atoms with Crippen molar-refractivity contribution in [3.63, 3.8) is 0 Å². The summed E-state index contributed by atoms with van der Waals surface area (Å²) in [5, 5.41) is 2.89. The smallest absolute Gasteiger partial charge is 0.407 e. The fourth-order valence-electron chi connectivity index (χ4n) is 3.26. The van der Waals surface area contributed by atoms with Crippen molar-refractivity contribution in [3.8, 4) is 11.1 Å². The van der Waals surface area contributed by atoms with E-state index in [2.05, 4.69) is 28.0 Å². The van der Waals surface area contributed by atoms with E-state index < -0.39 is 27.3 Å². The van der Waals surface area contributed by atoms with Crippen LogP contribution in [0, 0.1) is 5.92 Å². The van der Waals surface area contributed by atoms with Crippen molar-refractivity contribution in [3.05, 3.63) is 60.2 Å². The van der Waals surface area contributed by atoms with Gasteiger partial charge in [0.1, 0.15) is 5.60 Å². The number of rotatable bonds is 8. The molecule has 7 heteroatoms. The lowest BCUT2D eigenvalue weighted by Crippen LogP contribution is -2.43. The Bertz CT molecular complexity index is 1010. The van der Waals surface area contributed by atoms with Gasteiger partial charge in [0, 0.05) is 27.9 Å². The van der Waals surface area contributed by atoms with E-state index in [4.69, 9.17) is 4.74 Å². The zero-order valence-corrected chi connectivity index (χ0v) is 20.3. The predicted molar refractivity (Wildman–Crippen MR) is 132 cm³/mol. The summed E-state index contributed by atoms with van der Waals surface area (Å²) in [6.45, 7) is 7.13. The summed E-state index contributed by atoms with van der Waals surface area (Å²) >= 11 is 0. The Morgan fingerprint density at radius 2 is 1.59 bits per heavy atom.